The van der Waals surface area contributed by atoms with Crippen molar-refractivity contribution in [1.29, 1.82) is 0 Å². The monoisotopic (exact) mass is 348 g/mol. The molecule has 0 aliphatic heterocycles. The molecular weight excluding hydrogens is 332 g/mol. The first-order valence-corrected chi connectivity index (χ1v) is 8.08. The highest BCUT2D eigenvalue weighted by molar-refractivity contribution is 6.32. The van der Waals surface area contributed by atoms with Crippen molar-refractivity contribution in [2.45, 2.75) is 38.1 Å². The van der Waals surface area contributed by atoms with Gasteiger partial charge in [0.15, 0.2) is 0 Å². The molecule has 0 radical (unpaired) electrons. The van der Waals surface area contributed by atoms with Crippen LogP contribution in [-0.2, 0) is 4.79 Å². The van der Waals surface area contributed by atoms with E-state index in [1.165, 1.54) is 0 Å². The zero-order valence-corrected chi connectivity index (χ0v) is 13.8. The lowest BCUT2D eigenvalue weighted by Crippen LogP contribution is -2.34. The van der Waals surface area contributed by atoms with Crippen LogP contribution in [0.25, 0.3) is 5.69 Å². The van der Waals surface area contributed by atoms with Crippen LogP contribution in [0.4, 0.5) is 0 Å². The molecule has 24 heavy (non-hydrogen) atoms. The van der Waals surface area contributed by atoms with Crippen LogP contribution in [0.1, 0.15) is 48.5 Å². The van der Waals surface area contributed by atoms with Crippen LogP contribution in [0.15, 0.2) is 24.3 Å². The number of carboxylic acids is 1. The molecule has 1 heterocycles. The number of aromatic nitrogens is 3. The second-order valence-electron chi connectivity index (χ2n) is 5.90. The van der Waals surface area contributed by atoms with E-state index in [9.17, 15) is 9.59 Å². The number of benzene rings is 1. The zero-order chi connectivity index (χ0) is 17.3. The van der Waals surface area contributed by atoms with Crippen molar-refractivity contribution in [2.24, 2.45) is 0 Å². The van der Waals surface area contributed by atoms with Crippen molar-refractivity contribution in [2.75, 3.05) is 0 Å². The highest BCUT2D eigenvalue weighted by Crippen LogP contribution is 2.40. The van der Waals surface area contributed by atoms with Gasteiger partial charge >= 0.3 is 5.97 Å². The number of hydrogen-bond acceptors (Lipinski definition) is 4. The average molecular weight is 349 g/mol. The van der Waals surface area contributed by atoms with E-state index in [1.54, 1.807) is 17.7 Å². The quantitative estimate of drug-likeness (QED) is 0.835. The maximum absolute atomic E-state index is 12.3. The van der Waals surface area contributed by atoms with E-state index in [-0.39, 0.29) is 18.2 Å². The molecule has 8 heteroatoms. The van der Waals surface area contributed by atoms with Crippen LogP contribution in [0.3, 0.4) is 0 Å². The molecule has 0 saturated heterocycles. The first kappa shape index (κ1) is 16.4. The summed E-state index contributed by atoms with van der Waals surface area (Å²) >= 11 is 6.23. The summed E-state index contributed by atoms with van der Waals surface area (Å²) in [5.74, 6) is -0.465. The van der Waals surface area contributed by atoms with Gasteiger partial charge in [-0.1, -0.05) is 23.7 Å². The molecule has 2 N–H and O–H groups in total. The number of hydrogen-bond donors (Lipinski definition) is 2. The first-order chi connectivity index (χ1) is 11.5. The van der Waals surface area contributed by atoms with Gasteiger partial charge in [0.2, 0.25) is 5.82 Å². The van der Waals surface area contributed by atoms with Crippen LogP contribution < -0.4 is 5.32 Å². The average Bonchev–Trinajstić information content (AvgIpc) is 3.26. The van der Waals surface area contributed by atoms with Gasteiger partial charge in [-0.2, -0.15) is 0 Å². The third kappa shape index (κ3) is 3.56. The SMILES string of the molecule is CC(CC(=O)O)NC(=O)c1nc(C2CC2)n(-c2ccccc2Cl)n1. The fourth-order valence-electron chi connectivity index (χ4n) is 2.43. The fraction of sp³-hybridized carbons (Fsp3) is 0.375. The normalized spacial score (nSPS) is 15.1. The molecule has 0 bridgehead atoms. The molecular formula is C16H17ClN4O3. The minimum atomic E-state index is -0.976. The number of nitrogens with zero attached hydrogens (tertiary/aromatic N) is 3. The van der Waals surface area contributed by atoms with E-state index in [0.29, 0.717) is 16.5 Å². The van der Waals surface area contributed by atoms with Crippen molar-refractivity contribution < 1.29 is 14.7 Å². The maximum Gasteiger partial charge on any atom is 0.305 e. The van der Waals surface area contributed by atoms with E-state index in [1.807, 2.05) is 18.2 Å². The minimum Gasteiger partial charge on any atom is -0.481 e. The molecule has 1 aliphatic rings. The van der Waals surface area contributed by atoms with E-state index in [2.05, 4.69) is 15.4 Å². The van der Waals surface area contributed by atoms with Gasteiger partial charge in [-0.15, -0.1) is 5.10 Å². The zero-order valence-electron chi connectivity index (χ0n) is 13.1. The molecule has 1 atom stereocenters. The Balaban J connectivity index is 1.88. The highest BCUT2D eigenvalue weighted by Gasteiger charge is 2.32. The Hall–Kier alpha value is -2.41. The third-order valence-corrected chi connectivity index (χ3v) is 4.04. The lowest BCUT2D eigenvalue weighted by molar-refractivity contribution is -0.137. The molecule has 2 aromatic rings. The van der Waals surface area contributed by atoms with Gasteiger partial charge < -0.3 is 10.4 Å². The number of nitrogens with one attached hydrogen (secondary N) is 1. The number of amides is 1. The minimum absolute atomic E-state index is 0.0223. The first-order valence-electron chi connectivity index (χ1n) is 7.70. The van der Waals surface area contributed by atoms with Crippen LogP contribution in [-0.4, -0.2) is 37.8 Å². The Labute approximate surface area is 143 Å². The molecule has 1 saturated carbocycles. The standard InChI is InChI=1S/C16H17ClN4O3/c1-9(8-13(22)23)18-16(24)14-19-15(10-6-7-10)21(20-14)12-5-3-2-4-11(12)17/h2-5,9-10H,6-8H2,1H3,(H,18,24)(H,22,23). The molecule has 1 aromatic carbocycles. The summed E-state index contributed by atoms with van der Waals surface area (Å²) < 4.78 is 1.61. The Morgan fingerprint density at radius 1 is 1.42 bits per heavy atom. The van der Waals surface area contributed by atoms with Gasteiger partial charge in [0.25, 0.3) is 5.91 Å². The van der Waals surface area contributed by atoms with Gasteiger partial charge in [0.05, 0.1) is 17.1 Å². The molecule has 1 fully saturated rings. The van der Waals surface area contributed by atoms with Crippen molar-refractivity contribution in [3.8, 4) is 5.69 Å². The molecule has 1 aliphatic carbocycles. The van der Waals surface area contributed by atoms with E-state index < -0.39 is 17.9 Å². The van der Waals surface area contributed by atoms with Crippen LogP contribution in [0.5, 0.6) is 0 Å². The second-order valence-corrected chi connectivity index (χ2v) is 6.31. The van der Waals surface area contributed by atoms with Gasteiger partial charge in [-0.3, -0.25) is 9.59 Å². The summed E-state index contributed by atoms with van der Waals surface area (Å²) in [7, 11) is 0. The van der Waals surface area contributed by atoms with Crippen molar-refractivity contribution in [3.63, 3.8) is 0 Å². The molecule has 1 amide bonds. The highest BCUT2D eigenvalue weighted by atomic mass is 35.5. The predicted octanol–water partition coefficient (Wildman–Crippen LogP) is 2.39. The molecule has 0 spiro atoms. The lowest BCUT2D eigenvalue weighted by atomic mass is 10.2. The largest absolute Gasteiger partial charge is 0.481 e. The number of rotatable bonds is 6. The summed E-state index contributed by atoms with van der Waals surface area (Å²) in [6.45, 7) is 1.62. The smallest absolute Gasteiger partial charge is 0.305 e. The molecule has 126 valence electrons. The number of aliphatic carboxylic acids is 1. The third-order valence-electron chi connectivity index (χ3n) is 3.72. The topological polar surface area (TPSA) is 97.1 Å². The number of para-hydroxylation sites is 1. The number of halogens is 1. The maximum atomic E-state index is 12.3. The molecule has 1 unspecified atom stereocenters. The van der Waals surface area contributed by atoms with Crippen molar-refractivity contribution >= 4 is 23.5 Å². The van der Waals surface area contributed by atoms with Crippen LogP contribution >= 0.6 is 11.6 Å². The Bertz CT molecular complexity index is 785. The Morgan fingerprint density at radius 2 is 2.12 bits per heavy atom. The van der Waals surface area contributed by atoms with E-state index >= 15 is 0 Å². The number of carbonyl (C=O) groups is 2. The van der Waals surface area contributed by atoms with Gasteiger partial charge in [0.1, 0.15) is 5.82 Å². The Morgan fingerprint density at radius 3 is 2.75 bits per heavy atom. The molecule has 7 nitrogen and oxygen atoms in total. The summed E-state index contributed by atoms with van der Waals surface area (Å²) in [5.41, 5.74) is 0.672. The van der Waals surface area contributed by atoms with Crippen molar-refractivity contribution in [3.05, 3.63) is 40.9 Å². The van der Waals surface area contributed by atoms with Gasteiger partial charge in [-0.05, 0) is 31.9 Å². The molecule has 1 aromatic heterocycles. The predicted molar refractivity (Wildman–Crippen MR) is 87.5 cm³/mol. The number of carbonyl (C=O) groups excluding carboxylic acids is 1. The summed E-state index contributed by atoms with van der Waals surface area (Å²) in [6, 6.07) is 6.72. The second kappa shape index (κ2) is 6.60. The Kier molecular flexibility index (Phi) is 4.53. The van der Waals surface area contributed by atoms with E-state index in [0.717, 1.165) is 12.8 Å². The fourth-order valence-corrected chi connectivity index (χ4v) is 2.64. The van der Waals surface area contributed by atoms with Gasteiger partial charge in [-0.25, -0.2) is 9.67 Å². The summed E-state index contributed by atoms with van der Waals surface area (Å²) in [6.07, 6.45) is 1.84. The summed E-state index contributed by atoms with van der Waals surface area (Å²) in [5, 5.41) is 16.2. The lowest BCUT2D eigenvalue weighted by Gasteiger charge is -2.09. The molecule has 3 rings (SSSR count). The van der Waals surface area contributed by atoms with E-state index in [4.69, 9.17) is 16.7 Å². The summed E-state index contributed by atoms with van der Waals surface area (Å²) in [4.78, 5) is 27.3. The van der Waals surface area contributed by atoms with Gasteiger partial charge in [0, 0.05) is 12.0 Å². The van der Waals surface area contributed by atoms with Crippen molar-refractivity contribution in [1.82, 2.24) is 20.1 Å². The number of carboxylic acid groups (broad SMARTS) is 1. The van der Waals surface area contributed by atoms with Crippen LogP contribution in [0, 0.1) is 0 Å². The van der Waals surface area contributed by atoms with Crippen LogP contribution in [0.2, 0.25) is 5.02 Å².